The van der Waals surface area contributed by atoms with Crippen molar-refractivity contribution in [1.29, 1.82) is 0 Å². The molecule has 0 spiro atoms. The largest absolute Gasteiger partial charge is 0.246 e. The fourth-order valence-corrected chi connectivity index (χ4v) is 5.45. The van der Waals surface area contributed by atoms with Crippen LogP contribution in [0, 0.1) is 5.92 Å². The maximum Gasteiger partial charge on any atom is 0.120 e. The molecular weight excluding hydrogens is 574 g/mol. The Labute approximate surface area is 244 Å². The van der Waals surface area contributed by atoms with Crippen molar-refractivity contribution in [3.63, 3.8) is 0 Å². The standard InChI is InChI=1S/C27H16Cl4N6.C2H6/c1-10-5-17-16(4-3-12(10)28)32-22-23(33-17)25-27(35-19-7-13(29)11(2)6-18(19)34-25)26-24(22)36-20-8-14(30)15(31)9-21(20)37-26;1-2/h3,5,7-9,11H,4,6H2,1-2H3;1-2H3. The normalized spacial score (nSPS) is 16.7. The van der Waals surface area contributed by atoms with Crippen LogP contribution in [-0.2, 0) is 12.8 Å². The number of halogens is 4. The first-order valence-electron chi connectivity index (χ1n) is 12.7. The van der Waals surface area contributed by atoms with Crippen LogP contribution < -0.4 is 0 Å². The van der Waals surface area contributed by atoms with Crippen LogP contribution in [0.2, 0.25) is 10.0 Å². The smallest absolute Gasteiger partial charge is 0.120 e. The Morgan fingerprint density at radius 1 is 0.667 bits per heavy atom. The summed E-state index contributed by atoms with van der Waals surface area (Å²) in [6.45, 7) is 8.03. The van der Waals surface area contributed by atoms with Gasteiger partial charge < -0.3 is 0 Å². The summed E-state index contributed by atoms with van der Waals surface area (Å²) < 4.78 is 0. The van der Waals surface area contributed by atoms with Gasteiger partial charge >= 0.3 is 0 Å². The predicted molar refractivity (Wildman–Crippen MR) is 163 cm³/mol. The second kappa shape index (κ2) is 9.93. The maximum absolute atomic E-state index is 6.48. The highest BCUT2D eigenvalue weighted by Crippen LogP contribution is 2.37. The fraction of sp³-hybridized carbons (Fsp3) is 0.241. The highest BCUT2D eigenvalue weighted by atomic mass is 35.5. The van der Waals surface area contributed by atoms with Gasteiger partial charge in [0, 0.05) is 16.5 Å². The van der Waals surface area contributed by atoms with Gasteiger partial charge in [0.25, 0.3) is 0 Å². The topological polar surface area (TPSA) is 77.3 Å². The Morgan fingerprint density at radius 2 is 1.15 bits per heavy atom. The van der Waals surface area contributed by atoms with E-state index in [0.717, 1.165) is 33.4 Å². The van der Waals surface area contributed by atoms with Gasteiger partial charge in [-0.2, -0.15) is 0 Å². The van der Waals surface area contributed by atoms with Crippen molar-refractivity contribution in [3.8, 4) is 0 Å². The highest BCUT2D eigenvalue weighted by molar-refractivity contribution is 6.42. The van der Waals surface area contributed by atoms with Crippen LogP contribution in [0.15, 0.2) is 33.8 Å². The van der Waals surface area contributed by atoms with E-state index in [1.807, 2.05) is 39.0 Å². The summed E-state index contributed by atoms with van der Waals surface area (Å²) in [5.74, 6) is 0.157. The first kappa shape index (κ1) is 26.3. The molecule has 0 N–H and O–H groups in total. The second-order valence-corrected chi connectivity index (χ2v) is 11.1. The van der Waals surface area contributed by atoms with Gasteiger partial charge in [-0.25, -0.2) is 29.9 Å². The molecule has 1 atom stereocenters. The molecule has 39 heavy (non-hydrogen) atoms. The van der Waals surface area contributed by atoms with Gasteiger partial charge in [-0.15, -0.1) is 0 Å². The summed E-state index contributed by atoms with van der Waals surface area (Å²) in [6, 6.07) is 3.41. The number of hydrogen-bond donors (Lipinski definition) is 0. The van der Waals surface area contributed by atoms with E-state index in [9.17, 15) is 0 Å². The lowest BCUT2D eigenvalue weighted by atomic mass is 9.97. The monoisotopic (exact) mass is 594 g/mol. The van der Waals surface area contributed by atoms with Gasteiger partial charge in [-0.3, -0.25) is 0 Å². The summed E-state index contributed by atoms with van der Waals surface area (Å²) >= 11 is 25.5. The highest BCUT2D eigenvalue weighted by Gasteiger charge is 2.24. The molecule has 7 rings (SSSR count). The van der Waals surface area contributed by atoms with Crippen LogP contribution in [0.5, 0.6) is 0 Å². The van der Waals surface area contributed by atoms with Crippen molar-refractivity contribution >= 4 is 103 Å². The summed E-state index contributed by atoms with van der Waals surface area (Å²) in [4.78, 5) is 30.0. The molecule has 0 fully saturated rings. The molecule has 5 aromatic rings. The Balaban J connectivity index is 0.00000135. The zero-order valence-corrected chi connectivity index (χ0v) is 24.6. The number of hydrogen-bond acceptors (Lipinski definition) is 6. The average Bonchev–Trinajstić information content (AvgIpc) is 3.06. The summed E-state index contributed by atoms with van der Waals surface area (Å²) in [5.41, 5.74) is 8.80. The Hall–Kier alpha value is -2.90. The van der Waals surface area contributed by atoms with Gasteiger partial charge in [0.15, 0.2) is 0 Å². The molecule has 2 aliphatic carbocycles. The van der Waals surface area contributed by atoms with Crippen LogP contribution in [0.3, 0.4) is 0 Å². The fourth-order valence-electron chi connectivity index (χ4n) is 4.82. The molecule has 0 saturated carbocycles. The van der Waals surface area contributed by atoms with Gasteiger partial charge in [0.05, 0.1) is 43.9 Å². The average molecular weight is 596 g/mol. The third-order valence-electron chi connectivity index (χ3n) is 6.83. The third kappa shape index (κ3) is 4.34. The lowest BCUT2D eigenvalue weighted by Gasteiger charge is -2.19. The number of nitrogens with zero attached hydrogens (tertiary/aromatic N) is 6. The minimum atomic E-state index is 0.157. The molecule has 0 aliphatic heterocycles. The summed E-state index contributed by atoms with van der Waals surface area (Å²) in [6.07, 6.45) is 7.00. The summed E-state index contributed by atoms with van der Waals surface area (Å²) in [7, 11) is 0. The van der Waals surface area contributed by atoms with Crippen molar-refractivity contribution < 1.29 is 0 Å². The van der Waals surface area contributed by atoms with Gasteiger partial charge in [-0.1, -0.05) is 73.3 Å². The lowest BCUT2D eigenvalue weighted by molar-refractivity contribution is 0.685. The van der Waals surface area contributed by atoms with E-state index in [1.54, 1.807) is 12.1 Å². The van der Waals surface area contributed by atoms with Crippen LogP contribution in [-0.4, -0.2) is 29.9 Å². The molecule has 0 bridgehead atoms. The number of aromatic nitrogens is 6. The van der Waals surface area contributed by atoms with E-state index in [1.165, 1.54) is 0 Å². The van der Waals surface area contributed by atoms with Crippen molar-refractivity contribution in [1.82, 2.24) is 29.9 Å². The molecule has 6 nitrogen and oxygen atoms in total. The van der Waals surface area contributed by atoms with E-state index >= 15 is 0 Å². The maximum atomic E-state index is 6.48. The Bertz CT molecular complexity index is 1960. The minimum Gasteiger partial charge on any atom is -0.246 e. The van der Waals surface area contributed by atoms with Crippen LogP contribution in [0.1, 0.15) is 50.5 Å². The lowest BCUT2D eigenvalue weighted by Crippen LogP contribution is -2.12. The molecule has 1 unspecified atom stereocenters. The van der Waals surface area contributed by atoms with Gasteiger partial charge in [-0.05, 0) is 49.1 Å². The molecule has 0 radical (unpaired) electrons. The molecule has 10 heteroatoms. The molecule has 2 aliphatic rings. The summed E-state index contributed by atoms with van der Waals surface area (Å²) in [5, 5.41) is 2.23. The van der Waals surface area contributed by atoms with Crippen molar-refractivity contribution in [2.75, 3.05) is 0 Å². The SMILES string of the molecule is CC.CC1=Cc2nc3c4nc5c(nc4c4nc6cc(Cl)c(Cl)cc6nc4c3nc2CC=C1Cl)C=C(Cl)C(C)C5. The van der Waals surface area contributed by atoms with Crippen LogP contribution >= 0.6 is 46.4 Å². The zero-order chi connectivity index (χ0) is 27.6. The molecule has 2 aromatic carbocycles. The Kier molecular flexibility index (Phi) is 6.71. The van der Waals surface area contributed by atoms with Crippen molar-refractivity contribution in [3.05, 3.63) is 66.7 Å². The van der Waals surface area contributed by atoms with Gasteiger partial charge in [0.1, 0.15) is 33.1 Å². The van der Waals surface area contributed by atoms with Crippen molar-refractivity contribution in [2.45, 2.75) is 40.5 Å². The van der Waals surface area contributed by atoms with E-state index < -0.39 is 0 Å². The number of fused-ring (bicyclic) bond motifs is 9. The molecule has 196 valence electrons. The van der Waals surface area contributed by atoms with E-state index in [4.69, 9.17) is 76.3 Å². The van der Waals surface area contributed by atoms with E-state index in [0.29, 0.717) is 72.1 Å². The molecule has 0 saturated heterocycles. The molecule has 0 amide bonds. The van der Waals surface area contributed by atoms with Crippen LogP contribution in [0.25, 0.3) is 56.3 Å². The van der Waals surface area contributed by atoms with Crippen LogP contribution in [0.4, 0.5) is 0 Å². The number of rotatable bonds is 0. The van der Waals surface area contributed by atoms with E-state index in [-0.39, 0.29) is 5.92 Å². The number of benzene rings is 2. The number of allylic oxidation sites excluding steroid dienone is 4. The third-order valence-corrected chi connectivity index (χ3v) is 8.48. The Morgan fingerprint density at radius 3 is 1.74 bits per heavy atom. The zero-order valence-electron chi connectivity index (χ0n) is 21.6. The first-order valence-corrected chi connectivity index (χ1v) is 14.2. The second-order valence-electron chi connectivity index (χ2n) is 9.40. The van der Waals surface area contributed by atoms with E-state index in [2.05, 4.69) is 6.92 Å². The van der Waals surface area contributed by atoms with Gasteiger partial charge in [0.2, 0.25) is 0 Å². The molecular formula is C29H22Cl4N6. The molecule has 3 heterocycles. The minimum absolute atomic E-state index is 0.157. The first-order chi connectivity index (χ1) is 18.8. The molecule has 3 aromatic heterocycles. The van der Waals surface area contributed by atoms with Crippen molar-refractivity contribution in [2.24, 2.45) is 5.92 Å². The predicted octanol–water partition coefficient (Wildman–Crippen LogP) is 8.86. The quantitative estimate of drug-likeness (QED) is 0.131.